The molecule has 0 radical (unpaired) electrons. The zero-order valence-electron chi connectivity index (χ0n) is 11.4. The Hall–Kier alpha value is -1.69. The number of hydrogen-bond donors (Lipinski definition) is 1. The minimum atomic E-state index is 0.00559. The van der Waals surface area contributed by atoms with Gasteiger partial charge in [0, 0.05) is 15.1 Å². The summed E-state index contributed by atoms with van der Waals surface area (Å²) < 4.78 is 1.11. The van der Waals surface area contributed by atoms with Crippen LogP contribution in [0.2, 0.25) is 0 Å². The third-order valence-corrected chi connectivity index (χ3v) is 4.62. The van der Waals surface area contributed by atoms with Crippen LogP contribution in [0.5, 0.6) is 0 Å². The van der Waals surface area contributed by atoms with Crippen LogP contribution in [0.4, 0.5) is 0 Å². The fourth-order valence-electron chi connectivity index (χ4n) is 2.38. The molecule has 0 aliphatic heterocycles. The van der Waals surface area contributed by atoms with Gasteiger partial charge in [-0.1, -0.05) is 48.5 Å². The molecule has 4 heteroatoms. The molecule has 0 heterocycles. The Bertz CT molecular complexity index is 670. The van der Waals surface area contributed by atoms with Crippen molar-refractivity contribution in [2.75, 3.05) is 0 Å². The summed E-state index contributed by atoms with van der Waals surface area (Å²) in [6.07, 6.45) is 2.60. The molecule has 0 saturated heterocycles. The van der Waals surface area contributed by atoms with E-state index in [1.807, 2.05) is 42.5 Å². The summed E-state index contributed by atoms with van der Waals surface area (Å²) in [6.45, 7) is 0. The lowest BCUT2D eigenvalue weighted by Gasteiger charge is -2.00. The molecule has 106 valence electrons. The van der Waals surface area contributed by atoms with Crippen LogP contribution >= 0.6 is 22.6 Å². The molecule has 1 saturated carbocycles. The SMILES string of the molecule is O=C(NN=Cc1ccccc1I)C1CC1c1ccccc1. The molecule has 0 bridgehead atoms. The van der Waals surface area contributed by atoms with E-state index in [9.17, 15) is 4.79 Å². The molecule has 2 aromatic carbocycles. The van der Waals surface area contributed by atoms with Crippen molar-refractivity contribution < 1.29 is 4.79 Å². The highest BCUT2D eigenvalue weighted by molar-refractivity contribution is 14.1. The van der Waals surface area contributed by atoms with E-state index in [2.05, 4.69) is 45.3 Å². The summed E-state index contributed by atoms with van der Waals surface area (Å²) in [5, 5.41) is 4.06. The van der Waals surface area contributed by atoms with E-state index in [1.165, 1.54) is 5.56 Å². The lowest BCUT2D eigenvalue weighted by molar-refractivity contribution is -0.122. The van der Waals surface area contributed by atoms with Crippen molar-refractivity contribution in [3.05, 3.63) is 69.3 Å². The van der Waals surface area contributed by atoms with Crippen molar-refractivity contribution in [2.24, 2.45) is 11.0 Å². The normalized spacial score (nSPS) is 20.4. The van der Waals surface area contributed by atoms with Crippen LogP contribution in [0.25, 0.3) is 0 Å². The maximum atomic E-state index is 12.0. The van der Waals surface area contributed by atoms with E-state index in [4.69, 9.17) is 0 Å². The quantitative estimate of drug-likeness (QED) is 0.484. The zero-order chi connectivity index (χ0) is 14.7. The predicted molar refractivity (Wildman–Crippen MR) is 92.2 cm³/mol. The number of rotatable bonds is 4. The molecule has 2 atom stereocenters. The highest BCUT2D eigenvalue weighted by Gasteiger charge is 2.43. The molecule has 1 N–H and O–H groups in total. The first kappa shape index (κ1) is 14.3. The van der Waals surface area contributed by atoms with Crippen LogP contribution in [0, 0.1) is 9.49 Å². The number of benzene rings is 2. The summed E-state index contributed by atoms with van der Waals surface area (Å²) in [6, 6.07) is 18.1. The van der Waals surface area contributed by atoms with Gasteiger partial charge in [-0.25, -0.2) is 5.43 Å². The Kier molecular flexibility index (Phi) is 4.34. The highest BCUT2D eigenvalue weighted by Crippen LogP contribution is 2.47. The summed E-state index contributed by atoms with van der Waals surface area (Å²) in [5.74, 6) is 0.406. The van der Waals surface area contributed by atoms with Gasteiger partial charge < -0.3 is 0 Å². The van der Waals surface area contributed by atoms with E-state index in [-0.39, 0.29) is 11.8 Å². The number of hydrazone groups is 1. The zero-order valence-corrected chi connectivity index (χ0v) is 13.5. The lowest BCUT2D eigenvalue weighted by Crippen LogP contribution is -2.20. The van der Waals surface area contributed by atoms with Gasteiger partial charge in [-0.05, 0) is 46.6 Å². The largest absolute Gasteiger partial charge is 0.273 e. The molecule has 1 aliphatic carbocycles. The predicted octanol–water partition coefficient (Wildman–Crippen LogP) is 3.55. The van der Waals surface area contributed by atoms with E-state index < -0.39 is 0 Å². The lowest BCUT2D eigenvalue weighted by atomic mass is 10.1. The van der Waals surface area contributed by atoms with Crippen LogP contribution in [-0.4, -0.2) is 12.1 Å². The van der Waals surface area contributed by atoms with Gasteiger partial charge in [-0.15, -0.1) is 0 Å². The van der Waals surface area contributed by atoms with E-state index in [1.54, 1.807) is 6.21 Å². The average molecular weight is 390 g/mol. The van der Waals surface area contributed by atoms with Gasteiger partial charge in [0.2, 0.25) is 5.91 Å². The average Bonchev–Trinajstić information content (AvgIpc) is 3.31. The Morgan fingerprint density at radius 3 is 2.62 bits per heavy atom. The van der Waals surface area contributed by atoms with Gasteiger partial charge in [-0.2, -0.15) is 5.10 Å². The second-order valence-electron chi connectivity index (χ2n) is 5.12. The number of nitrogens with one attached hydrogen (secondary N) is 1. The molecular weight excluding hydrogens is 375 g/mol. The van der Waals surface area contributed by atoms with E-state index >= 15 is 0 Å². The van der Waals surface area contributed by atoms with Crippen molar-refractivity contribution in [3.8, 4) is 0 Å². The second-order valence-corrected chi connectivity index (χ2v) is 6.28. The Balaban J connectivity index is 1.56. The van der Waals surface area contributed by atoms with Crippen molar-refractivity contribution in [1.82, 2.24) is 5.43 Å². The molecule has 3 nitrogen and oxygen atoms in total. The molecular formula is C17H15IN2O. The fraction of sp³-hybridized carbons (Fsp3) is 0.176. The van der Waals surface area contributed by atoms with Gasteiger partial charge in [0.25, 0.3) is 0 Å². The Labute approximate surface area is 137 Å². The number of halogens is 1. The molecule has 2 aromatic rings. The fourth-order valence-corrected chi connectivity index (χ4v) is 2.91. The summed E-state index contributed by atoms with van der Waals surface area (Å²) in [4.78, 5) is 12.0. The molecule has 21 heavy (non-hydrogen) atoms. The topological polar surface area (TPSA) is 41.5 Å². The van der Waals surface area contributed by atoms with Crippen LogP contribution in [0.3, 0.4) is 0 Å². The van der Waals surface area contributed by atoms with Gasteiger partial charge in [0.1, 0.15) is 0 Å². The van der Waals surface area contributed by atoms with Crippen molar-refractivity contribution in [1.29, 1.82) is 0 Å². The van der Waals surface area contributed by atoms with Crippen LogP contribution in [-0.2, 0) is 4.79 Å². The molecule has 0 aromatic heterocycles. The highest BCUT2D eigenvalue weighted by atomic mass is 127. The molecule has 1 aliphatic rings. The maximum Gasteiger partial charge on any atom is 0.243 e. The van der Waals surface area contributed by atoms with Crippen molar-refractivity contribution in [2.45, 2.75) is 12.3 Å². The first-order valence-corrected chi connectivity index (χ1v) is 7.96. The van der Waals surface area contributed by atoms with Gasteiger partial charge >= 0.3 is 0 Å². The summed E-state index contributed by atoms with van der Waals surface area (Å²) in [7, 11) is 0. The Morgan fingerprint density at radius 2 is 1.86 bits per heavy atom. The smallest absolute Gasteiger partial charge is 0.243 e. The van der Waals surface area contributed by atoms with Crippen LogP contribution in [0.1, 0.15) is 23.5 Å². The van der Waals surface area contributed by atoms with Crippen LogP contribution in [0.15, 0.2) is 59.7 Å². The second kappa shape index (κ2) is 6.39. The monoisotopic (exact) mass is 390 g/mol. The maximum absolute atomic E-state index is 12.0. The minimum absolute atomic E-state index is 0.00559. The first-order valence-electron chi connectivity index (χ1n) is 6.88. The minimum Gasteiger partial charge on any atom is -0.273 e. The molecule has 0 spiro atoms. The molecule has 1 fully saturated rings. The molecule has 1 amide bonds. The number of carbonyl (C=O) groups is 1. The van der Waals surface area contributed by atoms with Gasteiger partial charge in [0.05, 0.1) is 6.21 Å². The van der Waals surface area contributed by atoms with Crippen molar-refractivity contribution in [3.63, 3.8) is 0 Å². The summed E-state index contributed by atoms with van der Waals surface area (Å²) >= 11 is 2.25. The number of carbonyl (C=O) groups excluding carboxylic acids is 1. The standard InChI is InChI=1S/C17H15IN2O/c18-16-9-5-4-8-13(16)11-19-20-17(21)15-10-14(15)12-6-2-1-3-7-12/h1-9,11,14-15H,10H2,(H,20,21). The number of amides is 1. The Morgan fingerprint density at radius 1 is 1.14 bits per heavy atom. The van der Waals surface area contributed by atoms with Gasteiger partial charge in [-0.3, -0.25) is 4.79 Å². The molecule has 2 unspecified atom stereocenters. The molecule has 3 rings (SSSR count). The first-order chi connectivity index (χ1) is 10.3. The third kappa shape index (κ3) is 3.50. The van der Waals surface area contributed by atoms with Crippen molar-refractivity contribution >= 4 is 34.7 Å². The van der Waals surface area contributed by atoms with Gasteiger partial charge in [0.15, 0.2) is 0 Å². The number of hydrogen-bond acceptors (Lipinski definition) is 2. The van der Waals surface area contributed by atoms with Crippen LogP contribution < -0.4 is 5.43 Å². The summed E-state index contributed by atoms with van der Waals surface area (Å²) in [5.41, 5.74) is 4.89. The third-order valence-electron chi connectivity index (χ3n) is 3.64. The van der Waals surface area contributed by atoms with E-state index in [0.29, 0.717) is 5.92 Å². The number of nitrogens with zero attached hydrogens (tertiary/aromatic N) is 1. The van der Waals surface area contributed by atoms with E-state index in [0.717, 1.165) is 15.6 Å².